The number of benzene rings is 2. The zero-order chi connectivity index (χ0) is 21.3. The molecule has 0 fully saturated rings. The molecule has 6 nitrogen and oxygen atoms in total. The molecule has 0 saturated carbocycles. The molecule has 0 aliphatic carbocycles. The smallest absolute Gasteiger partial charge is 0.287 e. The Morgan fingerprint density at radius 3 is 2.40 bits per heavy atom. The summed E-state index contributed by atoms with van der Waals surface area (Å²) in [5, 5.41) is 10.6. The average molecular weight is 401 g/mol. The summed E-state index contributed by atoms with van der Waals surface area (Å²) >= 11 is 0. The fourth-order valence-electron chi connectivity index (χ4n) is 3.31. The summed E-state index contributed by atoms with van der Waals surface area (Å²) in [7, 11) is 0. The van der Waals surface area contributed by atoms with Gasteiger partial charge in [-0.15, -0.1) is 0 Å². The molecule has 0 aliphatic heterocycles. The van der Waals surface area contributed by atoms with Crippen molar-refractivity contribution in [2.75, 3.05) is 0 Å². The maximum atomic E-state index is 12.5. The SMILES string of the molecule is CC(C)(C)c1ccc(-c2ccc(C(=O)NCc3n[nH]c(=O)c4ccccc34)o2)cc1. The Kier molecular flexibility index (Phi) is 4.99. The van der Waals surface area contributed by atoms with Crippen LogP contribution in [0.3, 0.4) is 0 Å². The second-order valence-corrected chi connectivity index (χ2v) is 8.22. The Morgan fingerprint density at radius 2 is 1.70 bits per heavy atom. The normalized spacial score (nSPS) is 11.6. The monoisotopic (exact) mass is 401 g/mol. The van der Waals surface area contributed by atoms with Crippen molar-refractivity contribution in [3.8, 4) is 11.3 Å². The number of hydrogen-bond acceptors (Lipinski definition) is 4. The Hall–Kier alpha value is -3.67. The van der Waals surface area contributed by atoms with E-state index in [4.69, 9.17) is 4.42 Å². The topological polar surface area (TPSA) is 88.0 Å². The van der Waals surface area contributed by atoms with Crippen LogP contribution in [-0.2, 0) is 12.0 Å². The largest absolute Gasteiger partial charge is 0.451 e. The van der Waals surface area contributed by atoms with Crippen LogP contribution in [0.4, 0.5) is 0 Å². The lowest BCUT2D eigenvalue weighted by molar-refractivity contribution is 0.0923. The Labute approximate surface area is 173 Å². The minimum absolute atomic E-state index is 0.0761. The predicted octanol–water partition coefficient (Wildman–Crippen LogP) is 4.41. The molecule has 152 valence electrons. The lowest BCUT2D eigenvalue weighted by Gasteiger charge is -2.18. The molecule has 0 unspecified atom stereocenters. The fraction of sp³-hybridized carbons (Fsp3) is 0.208. The summed E-state index contributed by atoms with van der Waals surface area (Å²) in [6.07, 6.45) is 0. The number of fused-ring (bicyclic) bond motifs is 1. The highest BCUT2D eigenvalue weighted by molar-refractivity contribution is 5.92. The minimum atomic E-state index is -0.343. The molecule has 0 spiro atoms. The number of amides is 1. The van der Waals surface area contributed by atoms with Crippen LogP contribution in [-0.4, -0.2) is 16.1 Å². The average Bonchev–Trinajstić information content (AvgIpc) is 3.23. The van der Waals surface area contributed by atoms with Crippen LogP contribution in [0.25, 0.3) is 22.1 Å². The van der Waals surface area contributed by atoms with E-state index in [2.05, 4.69) is 48.4 Å². The summed E-state index contributed by atoms with van der Waals surface area (Å²) in [4.78, 5) is 24.4. The van der Waals surface area contributed by atoms with Gasteiger partial charge in [-0.25, -0.2) is 5.10 Å². The zero-order valence-corrected chi connectivity index (χ0v) is 17.2. The number of aromatic amines is 1. The number of rotatable bonds is 4. The summed E-state index contributed by atoms with van der Waals surface area (Å²) in [5.41, 5.74) is 2.55. The summed E-state index contributed by atoms with van der Waals surface area (Å²) < 4.78 is 5.76. The highest BCUT2D eigenvalue weighted by Crippen LogP contribution is 2.27. The Bertz CT molecular complexity index is 1260. The number of hydrogen-bond donors (Lipinski definition) is 2. The number of carbonyl (C=O) groups excluding carboxylic acids is 1. The van der Waals surface area contributed by atoms with Crippen molar-refractivity contribution in [1.82, 2.24) is 15.5 Å². The van der Waals surface area contributed by atoms with Gasteiger partial charge in [-0.3, -0.25) is 9.59 Å². The van der Waals surface area contributed by atoms with Crippen LogP contribution < -0.4 is 10.9 Å². The number of aromatic nitrogens is 2. The number of nitrogens with zero attached hydrogens (tertiary/aromatic N) is 1. The summed E-state index contributed by atoms with van der Waals surface area (Å²) in [6, 6.07) is 18.7. The van der Waals surface area contributed by atoms with E-state index in [1.54, 1.807) is 24.3 Å². The van der Waals surface area contributed by atoms with E-state index in [9.17, 15) is 9.59 Å². The van der Waals surface area contributed by atoms with Crippen molar-refractivity contribution < 1.29 is 9.21 Å². The van der Waals surface area contributed by atoms with Gasteiger partial charge in [-0.2, -0.15) is 5.10 Å². The lowest BCUT2D eigenvalue weighted by atomic mass is 9.86. The van der Waals surface area contributed by atoms with Crippen molar-refractivity contribution in [3.63, 3.8) is 0 Å². The van der Waals surface area contributed by atoms with Crippen LogP contribution in [0.15, 0.2) is 69.9 Å². The van der Waals surface area contributed by atoms with Gasteiger partial charge in [0.05, 0.1) is 17.6 Å². The third-order valence-electron chi connectivity index (χ3n) is 5.06. The molecule has 1 amide bonds. The lowest BCUT2D eigenvalue weighted by Crippen LogP contribution is -2.24. The molecule has 0 saturated heterocycles. The molecule has 0 bridgehead atoms. The molecule has 4 aromatic rings. The molecule has 0 radical (unpaired) electrons. The second-order valence-electron chi connectivity index (χ2n) is 8.22. The first-order valence-electron chi connectivity index (χ1n) is 9.78. The minimum Gasteiger partial charge on any atom is -0.451 e. The molecule has 2 N–H and O–H groups in total. The van der Waals surface area contributed by atoms with Crippen LogP contribution in [0, 0.1) is 0 Å². The summed E-state index contributed by atoms with van der Waals surface area (Å²) in [5.74, 6) is 0.511. The van der Waals surface area contributed by atoms with Gasteiger partial charge < -0.3 is 9.73 Å². The molecule has 2 aromatic carbocycles. The number of carbonyl (C=O) groups is 1. The Morgan fingerprint density at radius 1 is 1.00 bits per heavy atom. The van der Waals surface area contributed by atoms with E-state index in [1.165, 1.54) is 5.56 Å². The zero-order valence-electron chi connectivity index (χ0n) is 17.2. The van der Waals surface area contributed by atoms with E-state index >= 15 is 0 Å². The maximum absolute atomic E-state index is 12.5. The quantitative estimate of drug-likeness (QED) is 0.530. The molecule has 30 heavy (non-hydrogen) atoms. The van der Waals surface area contributed by atoms with Gasteiger partial charge in [0.2, 0.25) is 0 Å². The number of furan rings is 1. The van der Waals surface area contributed by atoms with E-state index in [1.807, 2.05) is 24.3 Å². The molecule has 2 heterocycles. The van der Waals surface area contributed by atoms with Crippen molar-refractivity contribution in [2.24, 2.45) is 0 Å². The number of H-pyrrole nitrogens is 1. The van der Waals surface area contributed by atoms with E-state index in [0.717, 1.165) is 5.56 Å². The molecular weight excluding hydrogens is 378 g/mol. The molecule has 6 heteroatoms. The van der Waals surface area contributed by atoms with Crippen molar-refractivity contribution >= 4 is 16.7 Å². The molecule has 0 aliphatic rings. The van der Waals surface area contributed by atoms with Crippen LogP contribution in [0.1, 0.15) is 42.6 Å². The van der Waals surface area contributed by atoms with E-state index < -0.39 is 0 Å². The van der Waals surface area contributed by atoms with Crippen LogP contribution >= 0.6 is 0 Å². The van der Waals surface area contributed by atoms with Crippen LogP contribution in [0.5, 0.6) is 0 Å². The van der Waals surface area contributed by atoms with E-state index in [-0.39, 0.29) is 29.2 Å². The van der Waals surface area contributed by atoms with E-state index in [0.29, 0.717) is 22.2 Å². The van der Waals surface area contributed by atoms with Crippen molar-refractivity contribution in [3.05, 3.63) is 88.0 Å². The first kappa shape index (κ1) is 19.6. The first-order chi connectivity index (χ1) is 14.3. The molecular formula is C24H23N3O3. The van der Waals surface area contributed by atoms with Crippen molar-refractivity contribution in [2.45, 2.75) is 32.7 Å². The van der Waals surface area contributed by atoms with Crippen LogP contribution in [0.2, 0.25) is 0 Å². The van der Waals surface area contributed by atoms with Gasteiger partial charge in [-0.05, 0) is 29.2 Å². The predicted molar refractivity (Wildman–Crippen MR) is 116 cm³/mol. The molecule has 0 atom stereocenters. The van der Waals surface area contributed by atoms with Gasteiger partial charge in [-0.1, -0.05) is 63.2 Å². The second kappa shape index (κ2) is 7.63. The van der Waals surface area contributed by atoms with Gasteiger partial charge in [0, 0.05) is 10.9 Å². The third kappa shape index (κ3) is 3.89. The fourth-order valence-corrected chi connectivity index (χ4v) is 3.31. The Balaban J connectivity index is 1.49. The summed E-state index contributed by atoms with van der Waals surface area (Å²) in [6.45, 7) is 6.67. The highest BCUT2D eigenvalue weighted by Gasteiger charge is 2.16. The van der Waals surface area contributed by atoms with Gasteiger partial charge in [0.25, 0.3) is 11.5 Å². The standard InChI is InChI=1S/C24H23N3O3/c1-24(2,3)16-10-8-15(9-11-16)20-12-13-21(30-20)23(29)25-14-19-17-6-4-5-7-18(17)22(28)27-26-19/h4-13H,14H2,1-3H3,(H,25,29)(H,27,28). The van der Waals surface area contributed by atoms with Gasteiger partial charge >= 0.3 is 0 Å². The third-order valence-corrected chi connectivity index (χ3v) is 5.06. The molecule has 4 rings (SSSR count). The van der Waals surface area contributed by atoms with Gasteiger partial charge in [0.15, 0.2) is 5.76 Å². The number of nitrogens with one attached hydrogen (secondary N) is 2. The van der Waals surface area contributed by atoms with Gasteiger partial charge in [0.1, 0.15) is 5.76 Å². The van der Waals surface area contributed by atoms with Crippen molar-refractivity contribution in [1.29, 1.82) is 0 Å². The molecule has 2 aromatic heterocycles. The highest BCUT2D eigenvalue weighted by atomic mass is 16.3. The maximum Gasteiger partial charge on any atom is 0.287 e. The first-order valence-corrected chi connectivity index (χ1v) is 9.78.